The summed E-state index contributed by atoms with van der Waals surface area (Å²) in [4.78, 5) is 0. The highest BCUT2D eigenvalue weighted by atomic mass is 16.4. The molecule has 5 rings (SSSR count). The van der Waals surface area contributed by atoms with E-state index in [4.69, 9.17) is 0 Å². The van der Waals surface area contributed by atoms with Gasteiger partial charge in [-0.25, -0.2) is 0 Å². The highest BCUT2D eigenvalue weighted by molar-refractivity contribution is 6.58. The fourth-order valence-electron chi connectivity index (χ4n) is 4.18. The van der Waals surface area contributed by atoms with Gasteiger partial charge in [-0.1, -0.05) is 159 Å². The van der Waals surface area contributed by atoms with Gasteiger partial charge in [-0.2, -0.15) is 0 Å². The normalized spacial score (nSPS) is 9.35. The molecule has 0 heterocycles. The van der Waals surface area contributed by atoms with Crippen LogP contribution < -0.4 is 5.46 Å². The third-order valence-electron chi connectivity index (χ3n) is 5.49. The summed E-state index contributed by atoms with van der Waals surface area (Å²) in [7, 11) is -1.46. The summed E-state index contributed by atoms with van der Waals surface area (Å²) in [5, 5.41) is 23.7. The van der Waals surface area contributed by atoms with E-state index in [-0.39, 0.29) is 0 Å². The zero-order chi connectivity index (χ0) is 27.8. The van der Waals surface area contributed by atoms with E-state index in [1.54, 1.807) is 12.1 Å². The fraction of sp³-hybridized carbons (Fsp3) is 0.235. The van der Waals surface area contributed by atoms with Crippen molar-refractivity contribution in [2.24, 2.45) is 0 Å². The Hall–Kier alpha value is -3.40. The molecule has 0 aliphatic rings. The van der Waals surface area contributed by atoms with Crippen molar-refractivity contribution in [3.63, 3.8) is 0 Å². The third kappa shape index (κ3) is 7.32. The quantitative estimate of drug-likeness (QED) is 0.194. The molecule has 0 fully saturated rings. The van der Waals surface area contributed by atoms with E-state index in [0.717, 1.165) is 11.1 Å². The Kier molecular flexibility index (Phi) is 14.6. The van der Waals surface area contributed by atoms with E-state index in [1.165, 1.54) is 32.7 Å². The summed E-state index contributed by atoms with van der Waals surface area (Å²) in [6.45, 7) is 16.0. The first kappa shape index (κ1) is 31.6. The molecule has 0 radical (unpaired) electrons. The molecule has 0 saturated heterocycles. The Balaban J connectivity index is 0.000000784. The topological polar surface area (TPSA) is 40.5 Å². The molecule has 0 bridgehead atoms. The van der Waals surface area contributed by atoms with Crippen molar-refractivity contribution in [3.05, 3.63) is 103 Å². The van der Waals surface area contributed by atoms with Gasteiger partial charge < -0.3 is 10.0 Å². The van der Waals surface area contributed by atoms with Gasteiger partial charge in [0, 0.05) is 0 Å². The van der Waals surface area contributed by atoms with Crippen molar-refractivity contribution in [1.29, 1.82) is 0 Å². The summed E-state index contributed by atoms with van der Waals surface area (Å²) in [6.07, 6.45) is 0. The van der Waals surface area contributed by atoms with Crippen LogP contribution in [0.25, 0.3) is 43.8 Å². The lowest BCUT2D eigenvalue weighted by molar-refractivity contribution is 0.426. The minimum Gasteiger partial charge on any atom is -0.423 e. The van der Waals surface area contributed by atoms with E-state index in [0.29, 0.717) is 5.46 Å². The van der Waals surface area contributed by atoms with Crippen LogP contribution in [0.1, 0.15) is 55.4 Å². The first-order chi connectivity index (χ1) is 18.2. The predicted octanol–water partition coefficient (Wildman–Crippen LogP) is 9.11. The van der Waals surface area contributed by atoms with Gasteiger partial charge in [0.2, 0.25) is 0 Å². The predicted molar refractivity (Wildman–Crippen MR) is 168 cm³/mol. The monoisotopic (exact) mass is 494 g/mol. The van der Waals surface area contributed by atoms with Gasteiger partial charge in [0.15, 0.2) is 0 Å². The Morgan fingerprint density at radius 1 is 0.378 bits per heavy atom. The molecular formula is C34H43BO2. The van der Waals surface area contributed by atoms with Gasteiger partial charge in [-0.15, -0.1) is 0 Å². The molecule has 37 heavy (non-hydrogen) atoms. The van der Waals surface area contributed by atoms with E-state index < -0.39 is 7.12 Å². The van der Waals surface area contributed by atoms with Crippen molar-refractivity contribution in [2.75, 3.05) is 0 Å². The molecule has 5 aromatic carbocycles. The summed E-state index contributed by atoms with van der Waals surface area (Å²) >= 11 is 0. The maximum Gasteiger partial charge on any atom is 0.488 e. The van der Waals surface area contributed by atoms with Crippen LogP contribution in [0, 0.1) is 0 Å². The summed E-state index contributed by atoms with van der Waals surface area (Å²) in [5.41, 5.74) is 5.15. The second-order valence-corrected chi connectivity index (χ2v) is 7.20. The zero-order valence-electron chi connectivity index (χ0n) is 23.8. The van der Waals surface area contributed by atoms with Crippen molar-refractivity contribution >= 4 is 34.1 Å². The third-order valence-corrected chi connectivity index (χ3v) is 5.49. The molecule has 3 heteroatoms. The maximum atomic E-state index is 9.45. The van der Waals surface area contributed by atoms with Gasteiger partial charge in [0.25, 0.3) is 0 Å². The average molecular weight is 495 g/mol. The molecule has 0 saturated carbocycles. The van der Waals surface area contributed by atoms with Crippen LogP contribution in [-0.2, 0) is 0 Å². The van der Waals surface area contributed by atoms with E-state index in [1.807, 2.05) is 73.6 Å². The molecule has 5 aromatic rings. The fourth-order valence-corrected chi connectivity index (χ4v) is 4.18. The maximum absolute atomic E-state index is 9.45. The Morgan fingerprint density at radius 2 is 0.676 bits per heavy atom. The van der Waals surface area contributed by atoms with Gasteiger partial charge in [-0.3, -0.25) is 0 Å². The average Bonchev–Trinajstić information content (AvgIpc) is 3.00. The Bertz CT molecular complexity index is 1250. The Morgan fingerprint density at radius 3 is 1.00 bits per heavy atom. The van der Waals surface area contributed by atoms with Crippen molar-refractivity contribution < 1.29 is 10.0 Å². The number of hydrogen-bond donors (Lipinski definition) is 2. The molecule has 0 aliphatic heterocycles. The van der Waals surface area contributed by atoms with Crippen molar-refractivity contribution in [3.8, 4) is 22.3 Å². The lowest BCUT2D eigenvalue weighted by Gasteiger charge is -2.17. The molecule has 194 valence electrons. The summed E-state index contributed by atoms with van der Waals surface area (Å²) < 4.78 is 0. The summed E-state index contributed by atoms with van der Waals surface area (Å²) in [5.74, 6) is 0. The van der Waals surface area contributed by atoms with Crippen LogP contribution >= 0.6 is 0 Å². The smallest absolute Gasteiger partial charge is 0.423 e. The van der Waals surface area contributed by atoms with Crippen LogP contribution in [0.4, 0.5) is 0 Å². The first-order valence-electron chi connectivity index (χ1n) is 13.7. The molecule has 2 N–H and O–H groups in total. The van der Waals surface area contributed by atoms with Crippen LogP contribution in [-0.4, -0.2) is 17.2 Å². The van der Waals surface area contributed by atoms with Crippen LogP contribution in [0.3, 0.4) is 0 Å². The van der Waals surface area contributed by atoms with E-state index >= 15 is 0 Å². The SMILES string of the molecule is CC.CC.CC.CC.OB(O)c1ccc(-c2c3ccccc3c(-c3ccccc3)c3ccccc23)cc1. The minimum atomic E-state index is -1.46. The summed E-state index contributed by atoms with van der Waals surface area (Å²) in [6, 6.07) is 35.0. The van der Waals surface area contributed by atoms with Gasteiger partial charge in [0.05, 0.1) is 0 Å². The highest BCUT2D eigenvalue weighted by Gasteiger charge is 2.17. The molecule has 0 aliphatic carbocycles. The van der Waals surface area contributed by atoms with Crippen LogP contribution in [0.2, 0.25) is 0 Å². The molecule has 0 unspecified atom stereocenters. The molecule has 2 nitrogen and oxygen atoms in total. The van der Waals surface area contributed by atoms with Gasteiger partial charge in [-0.05, 0) is 49.3 Å². The molecular weight excluding hydrogens is 451 g/mol. The molecule has 0 amide bonds. The minimum absolute atomic E-state index is 0.489. The van der Waals surface area contributed by atoms with Crippen molar-refractivity contribution in [2.45, 2.75) is 55.4 Å². The van der Waals surface area contributed by atoms with Crippen LogP contribution in [0.15, 0.2) is 103 Å². The standard InChI is InChI=1S/C26H19BO2.4C2H6/c28-27(29)20-16-14-19(15-17-20)26-23-12-6-4-10-21(23)25(18-8-2-1-3-9-18)22-11-5-7-13-24(22)26;4*1-2/h1-17,28-29H;4*1-2H3. The number of benzene rings is 5. The van der Waals surface area contributed by atoms with Gasteiger partial charge >= 0.3 is 7.12 Å². The largest absolute Gasteiger partial charge is 0.488 e. The second-order valence-electron chi connectivity index (χ2n) is 7.20. The lowest BCUT2D eigenvalue weighted by atomic mass is 9.79. The molecule has 0 atom stereocenters. The van der Waals surface area contributed by atoms with E-state index in [9.17, 15) is 10.0 Å². The Labute approximate surface area is 224 Å². The number of rotatable bonds is 3. The lowest BCUT2D eigenvalue weighted by Crippen LogP contribution is -2.29. The van der Waals surface area contributed by atoms with E-state index in [2.05, 4.69) is 72.8 Å². The molecule has 0 spiro atoms. The number of hydrogen-bond acceptors (Lipinski definition) is 2. The highest BCUT2D eigenvalue weighted by Crippen LogP contribution is 2.43. The van der Waals surface area contributed by atoms with Crippen molar-refractivity contribution in [1.82, 2.24) is 0 Å². The zero-order valence-corrected chi connectivity index (χ0v) is 23.8. The second kappa shape index (κ2) is 17.1. The number of fused-ring (bicyclic) bond motifs is 2. The van der Waals surface area contributed by atoms with Gasteiger partial charge in [0.1, 0.15) is 0 Å². The first-order valence-corrected chi connectivity index (χ1v) is 13.7. The molecule has 0 aromatic heterocycles. The van der Waals surface area contributed by atoms with Crippen LogP contribution in [0.5, 0.6) is 0 Å².